The number of hydrogen-bond acceptors (Lipinski definition) is 3. The number of nitrogens with one attached hydrogen (secondary N) is 1. The third-order valence-electron chi connectivity index (χ3n) is 5.25. The van der Waals surface area contributed by atoms with E-state index in [1.54, 1.807) is 44.2 Å². The summed E-state index contributed by atoms with van der Waals surface area (Å²) in [4.78, 5) is 12.2. The van der Waals surface area contributed by atoms with Gasteiger partial charge in [0.1, 0.15) is 5.75 Å². The number of hydrogen-bond donors (Lipinski definition) is 1. The number of rotatable bonds is 7. The molecule has 1 saturated heterocycles. The lowest BCUT2D eigenvalue weighted by Gasteiger charge is -2.31. The zero-order valence-corrected chi connectivity index (χ0v) is 17.0. The first-order valence-electron chi connectivity index (χ1n) is 9.94. The first kappa shape index (κ1) is 21.4. The summed E-state index contributed by atoms with van der Waals surface area (Å²) in [6.07, 6.45) is -1.70. The maximum atomic E-state index is 14.2. The van der Waals surface area contributed by atoms with Crippen LogP contribution in [-0.2, 0) is 4.79 Å². The van der Waals surface area contributed by atoms with Crippen molar-refractivity contribution in [3.05, 3.63) is 42.0 Å². The first-order chi connectivity index (χ1) is 13.6. The summed E-state index contributed by atoms with van der Waals surface area (Å²) < 4.78 is 48.5. The highest BCUT2D eigenvalue weighted by atomic mass is 19.4. The molecule has 0 aromatic heterocycles. The molecule has 0 spiro atoms. The third-order valence-corrected chi connectivity index (χ3v) is 5.25. The smallest absolute Gasteiger partial charge is 0.409 e. The largest absolute Gasteiger partial charge is 0.493 e. The molecule has 0 aliphatic carbocycles. The monoisotopic (exact) mass is 408 g/mol. The number of carbonyl (C=O) groups excluding carboxylic acids is 1. The van der Waals surface area contributed by atoms with Gasteiger partial charge in [0, 0.05) is 11.9 Å². The minimum atomic E-state index is -4.57. The number of ether oxygens (including phenoxy) is 1. The van der Waals surface area contributed by atoms with Gasteiger partial charge in [-0.15, -0.1) is 0 Å². The quantitative estimate of drug-likeness (QED) is 0.625. The van der Waals surface area contributed by atoms with Gasteiger partial charge < -0.3 is 4.74 Å². The zero-order valence-electron chi connectivity index (χ0n) is 17.0. The average molecular weight is 408 g/mol. The highest BCUT2D eigenvalue weighted by molar-refractivity contribution is 5.92. The number of alkyl halides is 3. The Morgan fingerprint density at radius 2 is 1.86 bits per heavy atom. The van der Waals surface area contributed by atoms with Crippen LogP contribution in [0, 0.1) is 5.41 Å². The van der Waals surface area contributed by atoms with Crippen LogP contribution in [0.25, 0.3) is 10.8 Å². The standard InChI is InChI=1S/C22H27F3N2O2/c1-4-5-6-13-29-17-12-8-10-15-9-7-11-16(18(15)17)19(22(23,24)25)27-14-21(2,3)20(28)26-27/h7-12,19H,4-6,13-14H2,1-3H3,(H,26,28). The minimum absolute atomic E-state index is 0.0358. The van der Waals surface area contributed by atoms with Gasteiger partial charge in [-0.25, -0.2) is 5.01 Å². The van der Waals surface area contributed by atoms with Crippen molar-refractivity contribution in [1.29, 1.82) is 0 Å². The van der Waals surface area contributed by atoms with E-state index in [1.807, 2.05) is 0 Å². The molecule has 1 aliphatic heterocycles. The number of hydrazine groups is 1. The van der Waals surface area contributed by atoms with Crippen LogP contribution in [0.5, 0.6) is 5.75 Å². The van der Waals surface area contributed by atoms with E-state index in [-0.39, 0.29) is 12.1 Å². The molecule has 1 aliphatic rings. The number of benzene rings is 2. The number of amides is 1. The van der Waals surface area contributed by atoms with E-state index in [1.165, 1.54) is 6.07 Å². The lowest BCUT2D eigenvalue weighted by molar-refractivity contribution is -0.191. The zero-order chi connectivity index (χ0) is 21.2. The van der Waals surface area contributed by atoms with E-state index in [0.29, 0.717) is 23.1 Å². The summed E-state index contributed by atoms with van der Waals surface area (Å²) in [5, 5.41) is 2.12. The molecule has 2 aromatic carbocycles. The summed E-state index contributed by atoms with van der Waals surface area (Å²) >= 11 is 0. The van der Waals surface area contributed by atoms with E-state index in [2.05, 4.69) is 12.3 Å². The molecule has 1 N–H and O–H groups in total. The van der Waals surface area contributed by atoms with Gasteiger partial charge in [-0.05, 0) is 37.3 Å². The Bertz CT molecular complexity index is 875. The molecule has 4 nitrogen and oxygen atoms in total. The molecule has 0 saturated carbocycles. The van der Waals surface area contributed by atoms with Crippen LogP contribution in [-0.4, -0.2) is 30.2 Å². The number of carbonyl (C=O) groups is 1. The Morgan fingerprint density at radius 1 is 1.17 bits per heavy atom. The van der Waals surface area contributed by atoms with E-state index in [0.717, 1.165) is 24.3 Å². The number of unbranched alkanes of at least 4 members (excludes halogenated alkanes) is 2. The van der Waals surface area contributed by atoms with Gasteiger partial charge in [0.2, 0.25) is 5.91 Å². The maximum Gasteiger partial charge on any atom is 0.409 e. The molecule has 29 heavy (non-hydrogen) atoms. The molecule has 1 heterocycles. The van der Waals surface area contributed by atoms with Crippen LogP contribution in [0.4, 0.5) is 13.2 Å². The van der Waals surface area contributed by atoms with E-state index in [4.69, 9.17) is 4.74 Å². The average Bonchev–Trinajstić information content (AvgIpc) is 2.90. The van der Waals surface area contributed by atoms with Gasteiger partial charge in [0.25, 0.3) is 0 Å². The Labute approximate surface area is 169 Å². The molecule has 1 amide bonds. The van der Waals surface area contributed by atoms with Crippen LogP contribution in [0.2, 0.25) is 0 Å². The summed E-state index contributed by atoms with van der Waals surface area (Å²) in [7, 11) is 0. The van der Waals surface area contributed by atoms with E-state index >= 15 is 0 Å². The second-order valence-electron chi connectivity index (χ2n) is 8.15. The van der Waals surface area contributed by atoms with Gasteiger partial charge in [-0.2, -0.15) is 13.2 Å². The van der Waals surface area contributed by atoms with Crippen molar-refractivity contribution >= 4 is 16.7 Å². The van der Waals surface area contributed by atoms with Crippen molar-refractivity contribution in [3.63, 3.8) is 0 Å². The molecular weight excluding hydrogens is 381 g/mol. The van der Waals surface area contributed by atoms with Crippen LogP contribution >= 0.6 is 0 Å². The first-order valence-corrected chi connectivity index (χ1v) is 9.94. The lowest BCUT2D eigenvalue weighted by Crippen LogP contribution is -2.43. The highest BCUT2D eigenvalue weighted by Crippen LogP contribution is 2.44. The second kappa shape index (κ2) is 8.22. The number of nitrogens with zero attached hydrogens (tertiary/aromatic N) is 1. The molecule has 1 unspecified atom stereocenters. The molecule has 158 valence electrons. The van der Waals surface area contributed by atoms with Gasteiger partial charge >= 0.3 is 6.18 Å². The van der Waals surface area contributed by atoms with Crippen LogP contribution < -0.4 is 10.2 Å². The van der Waals surface area contributed by atoms with Crippen molar-refractivity contribution in [3.8, 4) is 5.75 Å². The normalized spacial score (nSPS) is 18.1. The van der Waals surface area contributed by atoms with Gasteiger partial charge in [-0.1, -0.05) is 50.1 Å². The highest BCUT2D eigenvalue weighted by Gasteiger charge is 2.51. The molecule has 7 heteroatoms. The van der Waals surface area contributed by atoms with Gasteiger partial charge in [0.05, 0.1) is 12.0 Å². The molecular formula is C22H27F3N2O2. The third kappa shape index (κ3) is 4.50. The summed E-state index contributed by atoms with van der Waals surface area (Å²) in [5.41, 5.74) is 1.61. The van der Waals surface area contributed by atoms with Gasteiger partial charge in [-0.3, -0.25) is 10.2 Å². The summed E-state index contributed by atoms with van der Waals surface area (Å²) in [6, 6.07) is 8.16. The molecule has 1 fully saturated rings. The molecule has 2 aromatic rings. The SMILES string of the molecule is CCCCCOc1cccc2cccc(C(N3CC(C)(C)C(=O)N3)C(F)(F)F)c12. The molecule has 1 atom stereocenters. The Balaban J connectivity index is 2.06. The second-order valence-corrected chi connectivity index (χ2v) is 8.15. The van der Waals surface area contributed by atoms with Crippen LogP contribution in [0.15, 0.2) is 36.4 Å². The Hall–Kier alpha value is -2.28. The number of fused-ring (bicyclic) bond motifs is 1. The van der Waals surface area contributed by atoms with E-state index < -0.39 is 23.5 Å². The van der Waals surface area contributed by atoms with Crippen molar-refractivity contribution in [2.24, 2.45) is 5.41 Å². The minimum Gasteiger partial charge on any atom is -0.493 e. The van der Waals surface area contributed by atoms with Crippen molar-refractivity contribution in [1.82, 2.24) is 10.4 Å². The predicted molar refractivity (Wildman–Crippen MR) is 106 cm³/mol. The lowest BCUT2D eigenvalue weighted by atomic mass is 9.93. The fraction of sp³-hybridized carbons (Fsp3) is 0.500. The van der Waals surface area contributed by atoms with Crippen molar-refractivity contribution in [2.75, 3.05) is 13.2 Å². The van der Waals surface area contributed by atoms with Crippen molar-refractivity contribution < 1.29 is 22.7 Å². The summed E-state index contributed by atoms with van der Waals surface area (Å²) in [5.74, 6) is 0.0243. The Kier molecular flexibility index (Phi) is 6.08. The Morgan fingerprint density at radius 3 is 2.45 bits per heavy atom. The molecule has 0 radical (unpaired) electrons. The molecule has 0 bridgehead atoms. The van der Waals surface area contributed by atoms with Gasteiger partial charge in [0.15, 0.2) is 6.04 Å². The fourth-order valence-corrected chi connectivity index (χ4v) is 3.71. The summed E-state index contributed by atoms with van der Waals surface area (Å²) in [6.45, 7) is 5.77. The fourth-order valence-electron chi connectivity index (χ4n) is 3.71. The topological polar surface area (TPSA) is 41.6 Å². The van der Waals surface area contributed by atoms with Crippen LogP contribution in [0.1, 0.15) is 51.6 Å². The van der Waals surface area contributed by atoms with E-state index in [9.17, 15) is 18.0 Å². The maximum absolute atomic E-state index is 14.2. The van der Waals surface area contributed by atoms with Crippen molar-refractivity contribution in [2.45, 2.75) is 52.3 Å². The number of halogens is 3. The predicted octanol–water partition coefficient (Wildman–Crippen LogP) is 5.39. The van der Waals surface area contributed by atoms with Crippen LogP contribution in [0.3, 0.4) is 0 Å². The molecule has 3 rings (SSSR count).